The molecule has 0 spiro atoms. The van der Waals surface area contributed by atoms with E-state index in [2.05, 4.69) is 11.6 Å². The fourth-order valence-electron chi connectivity index (χ4n) is 1.68. The summed E-state index contributed by atoms with van der Waals surface area (Å²) in [4.78, 5) is 4.02. The second kappa shape index (κ2) is 4.29. The van der Waals surface area contributed by atoms with Gasteiger partial charge >= 0.3 is 0 Å². The van der Waals surface area contributed by atoms with Gasteiger partial charge in [-0.1, -0.05) is 49.1 Å². The Balaban J connectivity index is 2.53. The SMILES string of the molecule is C=CC(O)(c1ccccc1)c1cccnc1. The highest BCUT2D eigenvalue weighted by Crippen LogP contribution is 2.29. The number of benzene rings is 1. The molecule has 0 saturated heterocycles. The van der Waals surface area contributed by atoms with Gasteiger partial charge in [-0.05, 0) is 11.6 Å². The lowest BCUT2D eigenvalue weighted by atomic mass is 9.87. The molecule has 0 aliphatic carbocycles. The van der Waals surface area contributed by atoms with Crippen LogP contribution in [0.3, 0.4) is 0 Å². The number of pyridine rings is 1. The van der Waals surface area contributed by atoms with Gasteiger partial charge in [-0.3, -0.25) is 4.98 Å². The molecule has 2 nitrogen and oxygen atoms in total. The number of aromatic nitrogens is 1. The summed E-state index contributed by atoms with van der Waals surface area (Å²) in [5.74, 6) is 0. The number of nitrogens with zero attached hydrogens (tertiary/aromatic N) is 1. The monoisotopic (exact) mass is 211 g/mol. The summed E-state index contributed by atoms with van der Waals surface area (Å²) in [6.45, 7) is 3.71. The quantitative estimate of drug-likeness (QED) is 0.791. The highest BCUT2D eigenvalue weighted by atomic mass is 16.3. The van der Waals surface area contributed by atoms with Crippen molar-refractivity contribution in [2.24, 2.45) is 0 Å². The summed E-state index contributed by atoms with van der Waals surface area (Å²) in [6.07, 6.45) is 4.85. The van der Waals surface area contributed by atoms with Crippen molar-refractivity contribution in [3.63, 3.8) is 0 Å². The molecule has 0 aliphatic heterocycles. The van der Waals surface area contributed by atoms with Gasteiger partial charge in [0.2, 0.25) is 0 Å². The summed E-state index contributed by atoms with van der Waals surface area (Å²) in [7, 11) is 0. The summed E-state index contributed by atoms with van der Waals surface area (Å²) in [6, 6.07) is 13.1. The predicted molar refractivity (Wildman–Crippen MR) is 63.9 cm³/mol. The molecule has 0 aliphatic rings. The van der Waals surface area contributed by atoms with Crippen molar-refractivity contribution in [2.75, 3.05) is 0 Å². The first-order valence-corrected chi connectivity index (χ1v) is 5.09. The van der Waals surface area contributed by atoms with Gasteiger partial charge < -0.3 is 5.11 Å². The van der Waals surface area contributed by atoms with Crippen molar-refractivity contribution in [1.29, 1.82) is 0 Å². The third kappa shape index (κ3) is 1.75. The highest BCUT2D eigenvalue weighted by molar-refractivity contribution is 5.38. The largest absolute Gasteiger partial charge is 0.377 e. The molecule has 1 unspecified atom stereocenters. The first-order valence-electron chi connectivity index (χ1n) is 5.09. The van der Waals surface area contributed by atoms with Crippen LogP contribution >= 0.6 is 0 Å². The van der Waals surface area contributed by atoms with Crippen LogP contribution in [-0.2, 0) is 5.60 Å². The molecule has 1 N–H and O–H groups in total. The van der Waals surface area contributed by atoms with Gasteiger partial charge in [0.15, 0.2) is 0 Å². The zero-order valence-corrected chi connectivity index (χ0v) is 8.88. The predicted octanol–water partition coefficient (Wildman–Crippen LogP) is 2.50. The molecule has 0 fully saturated rings. The van der Waals surface area contributed by atoms with Crippen LogP contribution in [0.15, 0.2) is 67.5 Å². The molecule has 2 heteroatoms. The van der Waals surface area contributed by atoms with Gasteiger partial charge in [-0.15, -0.1) is 0 Å². The van der Waals surface area contributed by atoms with Gasteiger partial charge in [0.1, 0.15) is 5.60 Å². The van der Waals surface area contributed by atoms with Crippen molar-refractivity contribution in [3.8, 4) is 0 Å². The van der Waals surface area contributed by atoms with Gasteiger partial charge in [0.05, 0.1) is 0 Å². The van der Waals surface area contributed by atoms with Crippen LogP contribution in [0.25, 0.3) is 0 Å². The Labute approximate surface area is 94.9 Å². The lowest BCUT2D eigenvalue weighted by Crippen LogP contribution is -2.24. The van der Waals surface area contributed by atoms with E-state index in [0.29, 0.717) is 0 Å². The van der Waals surface area contributed by atoms with Crippen LogP contribution in [0, 0.1) is 0 Å². The second-order valence-corrected chi connectivity index (χ2v) is 3.58. The van der Waals surface area contributed by atoms with Crippen molar-refractivity contribution in [1.82, 2.24) is 4.98 Å². The fraction of sp³-hybridized carbons (Fsp3) is 0.0714. The molecular formula is C14H13NO. The number of aliphatic hydroxyl groups is 1. The van der Waals surface area contributed by atoms with E-state index < -0.39 is 5.60 Å². The molecule has 16 heavy (non-hydrogen) atoms. The van der Waals surface area contributed by atoms with E-state index in [-0.39, 0.29) is 0 Å². The van der Waals surface area contributed by atoms with Gasteiger partial charge in [0.25, 0.3) is 0 Å². The van der Waals surface area contributed by atoms with Gasteiger partial charge in [-0.25, -0.2) is 0 Å². The van der Waals surface area contributed by atoms with Crippen LogP contribution in [-0.4, -0.2) is 10.1 Å². The van der Waals surface area contributed by atoms with E-state index in [1.165, 1.54) is 6.08 Å². The third-order valence-corrected chi connectivity index (χ3v) is 2.61. The first kappa shape index (κ1) is 10.6. The second-order valence-electron chi connectivity index (χ2n) is 3.58. The summed E-state index contributed by atoms with van der Waals surface area (Å²) < 4.78 is 0. The minimum absolute atomic E-state index is 0.719. The van der Waals surface area contributed by atoms with Crippen molar-refractivity contribution >= 4 is 0 Å². The smallest absolute Gasteiger partial charge is 0.134 e. The zero-order chi connectivity index (χ0) is 11.4. The minimum Gasteiger partial charge on any atom is -0.377 e. The zero-order valence-electron chi connectivity index (χ0n) is 8.88. The molecule has 1 aromatic carbocycles. The highest BCUT2D eigenvalue weighted by Gasteiger charge is 2.27. The molecule has 0 amide bonds. The summed E-state index contributed by atoms with van der Waals surface area (Å²) in [5.41, 5.74) is 0.337. The molecule has 1 aromatic heterocycles. The minimum atomic E-state index is -1.17. The van der Waals surface area contributed by atoms with E-state index >= 15 is 0 Å². The Morgan fingerprint density at radius 3 is 2.31 bits per heavy atom. The molecule has 2 rings (SSSR count). The maximum Gasteiger partial charge on any atom is 0.134 e. The maximum absolute atomic E-state index is 10.6. The molecule has 1 atom stereocenters. The standard InChI is InChI=1S/C14H13NO/c1-2-14(16,12-7-4-3-5-8-12)13-9-6-10-15-11-13/h2-11,16H,1H2. The topological polar surface area (TPSA) is 33.1 Å². The Kier molecular flexibility index (Phi) is 2.84. The summed E-state index contributed by atoms with van der Waals surface area (Å²) in [5, 5.41) is 10.6. The van der Waals surface area contributed by atoms with Crippen LogP contribution < -0.4 is 0 Å². The Morgan fingerprint density at radius 1 is 1.06 bits per heavy atom. The van der Waals surface area contributed by atoms with E-state index in [0.717, 1.165) is 11.1 Å². The average molecular weight is 211 g/mol. The molecular weight excluding hydrogens is 198 g/mol. The number of hydrogen-bond acceptors (Lipinski definition) is 2. The maximum atomic E-state index is 10.6. The number of rotatable bonds is 3. The Hall–Kier alpha value is -1.93. The van der Waals surface area contributed by atoms with Crippen LogP contribution in [0.5, 0.6) is 0 Å². The van der Waals surface area contributed by atoms with E-state index in [1.807, 2.05) is 36.4 Å². The third-order valence-electron chi connectivity index (χ3n) is 2.61. The number of hydrogen-bond donors (Lipinski definition) is 1. The van der Waals surface area contributed by atoms with Crippen molar-refractivity contribution in [2.45, 2.75) is 5.60 Å². The van der Waals surface area contributed by atoms with Crippen LogP contribution in [0.2, 0.25) is 0 Å². The van der Waals surface area contributed by atoms with Crippen molar-refractivity contribution < 1.29 is 5.11 Å². The molecule has 0 bridgehead atoms. The Bertz CT molecular complexity index is 425. The molecule has 2 aromatic rings. The van der Waals surface area contributed by atoms with E-state index in [1.54, 1.807) is 18.5 Å². The Morgan fingerprint density at radius 2 is 1.75 bits per heavy atom. The first-order chi connectivity index (χ1) is 7.77. The van der Waals surface area contributed by atoms with E-state index in [4.69, 9.17) is 0 Å². The van der Waals surface area contributed by atoms with Crippen LogP contribution in [0.1, 0.15) is 11.1 Å². The fourth-order valence-corrected chi connectivity index (χ4v) is 1.68. The normalized spacial score (nSPS) is 14.1. The van der Waals surface area contributed by atoms with Gasteiger partial charge in [0, 0.05) is 18.0 Å². The lowest BCUT2D eigenvalue weighted by molar-refractivity contribution is 0.134. The molecule has 0 radical (unpaired) electrons. The lowest BCUT2D eigenvalue weighted by Gasteiger charge is -2.24. The summed E-state index contributed by atoms with van der Waals surface area (Å²) >= 11 is 0. The molecule has 1 heterocycles. The molecule has 80 valence electrons. The average Bonchev–Trinajstić information content (AvgIpc) is 2.40. The van der Waals surface area contributed by atoms with Gasteiger partial charge in [-0.2, -0.15) is 0 Å². The van der Waals surface area contributed by atoms with Crippen molar-refractivity contribution in [3.05, 3.63) is 78.6 Å². The molecule has 0 saturated carbocycles. The van der Waals surface area contributed by atoms with E-state index in [9.17, 15) is 5.11 Å². The van der Waals surface area contributed by atoms with Crippen LogP contribution in [0.4, 0.5) is 0 Å².